The standard InChI is InChI=1S/C14H21N3O3/c1-10-7-14(20-16-10)15-13(18)9-17-5-6-19-12(8-17)11-3-2-4-11/h7,11-12H,2-6,8-9H2,1H3,(H,15,18)/t12-/m0/s1. The second-order valence-electron chi connectivity index (χ2n) is 5.72. The first-order valence-corrected chi connectivity index (χ1v) is 7.28. The fourth-order valence-corrected chi connectivity index (χ4v) is 2.77. The molecule has 6 nitrogen and oxygen atoms in total. The fourth-order valence-electron chi connectivity index (χ4n) is 2.77. The molecule has 1 atom stereocenters. The van der Waals surface area contributed by atoms with Crippen LogP contribution in [0.2, 0.25) is 0 Å². The van der Waals surface area contributed by atoms with Crippen molar-refractivity contribution in [3.8, 4) is 0 Å². The van der Waals surface area contributed by atoms with Gasteiger partial charge in [-0.3, -0.25) is 15.0 Å². The second kappa shape index (κ2) is 5.93. The molecule has 1 saturated heterocycles. The summed E-state index contributed by atoms with van der Waals surface area (Å²) in [6, 6.07) is 1.72. The quantitative estimate of drug-likeness (QED) is 0.903. The van der Waals surface area contributed by atoms with E-state index < -0.39 is 0 Å². The van der Waals surface area contributed by atoms with Crippen LogP contribution < -0.4 is 5.32 Å². The lowest BCUT2D eigenvalue weighted by Crippen LogP contribution is -2.49. The summed E-state index contributed by atoms with van der Waals surface area (Å²) in [7, 11) is 0. The molecule has 1 aliphatic carbocycles. The molecule has 1 aromatic heterocycles. The number of amides is 1. The maximum Gasteiger partial charge on any atom is 0.240 e. The summed E-state index contributed by atoms with van der Waals surface area (Å²) in [5.74, 6) is 1.05. The van der Waals surface area contributed by atoms with Gasteiger partial charge in [0.2, 0.25) is 11.8 Å². The maximum absolute atomic E-state index is 12.0. The predicted molar refractivity (Wildman–Crippen MR) is 73.4 cm³/mol. The van der Waals surface area contributed by atoms with Crippen LogP contribution in [0.15, 0.2) is 10.6 Å². The molecule has 1 saturated carbocycles. The maximum atomic E-state index is 12.0. The molecule has 20 heavy (non-hydrogen) atoms. The third-order valence-corrected chi connectivity index (χ3v) is 4.11. The molecule has 1 amide bonds. The Bertz CT molecular complexity index is 470. The Morgan fingerprint density at radius 2 is 2.40 bits per heavy atom. The molecule has 0 unspecified atom stereocenters. The van der Waals surface area contributed by atoms with Gasteiger partial charge in [-0.25, -0.2) is 0 Å². The van der Waals surface area contributed by atoms with Gasteiger partial charge in [0.15, 0.2) is 0 Å². The van der Waals surface area contributed by atoms with Crippen LogP contribution >= 0.6 is 0 Å². The van der Waals surface area contributed by atoms with E-state index >= 15 is 0 Å². The molecular formula is C14H21N3O3. The van der Waals surface area contributed by atoms with Gasteiger partial charge in [-0.1, -0.05) is 11.6 Å². The van der Waals surface area contributed by atoms with Crippen molar-refractivity contribution in [3.05, 3.63) is 11.8 Å². The number of hydrogen-bond acceptors (Lipinski definition) is 5. The van der Waals surface area contributed by atoms with Gasteiger partial charge in [-0.2, -0.15) is 0 Å². The Kier molecular flexibility index (Phi) is 4.03. The first-order chi connectivity index (χ1) is 9.70. The van der Waals surface area contributed by atoms with Crippen molar-refractivity contribution in [1.29, 1.82) is 0 Å². The summed E-state index contributed by atoms with van der Waals surface area (Å²) >= 11 is 0. The van der Waals surface area contributed by atoms with Crippen LogP contribution in [-0.4, -0.2) is 48.3 Å². The van der Waals surface area contributed by atoms with E-state index in [0.29, 0.717) is 24.5 Å². The molecule has 0 radical (unpaired) electrons. The van der Waals surface area contributed by atoms with Gasteiger partial charge in [0, 0.05) is 19.2 Å². The van der Waals surface area contributed by atoms with Crippen molar-refractivity contribution in [2.45, 2.75) is 32.3 Å². The Morgan fingerprint density at radius 1 is 1.55 bits per heavy atom. The number of carbonyl (C=O) groups excluding carboxylic acids is 1. The molecule has 2 heterocycles. The normalized spacial score (nSPS) is 24.4. The molecule has 0 spiro atoms. The molecule has 1 aromatic rings. The summed E-state index contributed by atoms with van der Waals surface area (Å²) in [5.41, 5.74) is 0.761. The van der Waals surface area contributed by atoms with E-state index in [9.17, 15) is 4.79 Å². The number of aryl methyl sites for hydroxylation is 1. The average molecular weight is 279 g/mol. The number of anilines is 1. The van der Waals surface area contributed by atoms with Crippen molar-refractivity contribution in [1.82, 2.24) is 10.1 Å². The Labute approximate surface area is 118 Å². The van der Waals surface area contributed by atoms with Gasteiger partial charge in [0.1, 0.15) is 0 Å². The predicted octanol–water partition coefficient (Wildman–Crippen LogP) is 1.42. The van der Waals surface area contributed by atoms with E-state index in [-0.39, 0.29) is 5.91 Å². The summed E-state index contributed by atoms with van der Waals surface area (Å²) in [5, 5.41) is 6.48. The highest BCUT2D eigenvalue weighted by Crippen LogP contribution is 2.32. The molecule has 3 rings (SSSR count). The van der Waals surface area contributed by atoms with Crippen molar-refractivity contribution < 1.29 is 14.1 Å². The lowest BCUT2D eigenvalue weighted by Gasteiger charge is -2.40. The number of ether oxygens (including phenoxy) is 1. The van der Waals surface area contributed by atoms with E-state index in [2.05, 4.69) is 15.4 Å². The topological polar surface area (TPSA) is 67.6 Å². The van der Waals surface area contributed by atoms with Crippen LogP contribution in [0.1, 0.15) is 25.0 Å². The van der Waals surface area contributed by atoms with Crippen molar-refractivity contribution >= 4 is 11.8 Å². The minimum absolute atomic E-state index is 0.0598. The summed E-state index contributed by atoms with van der Waals surface area (Å²) < 4.78 is 10.8. The number of hydrogen-bond donors (Lipinski definition) is 1. The van der Waals surface area contributed by atoms with Gasteiger partial charge in [0.05, 0.1) is 24.9 Å². The molecule has 1 N–H and O–H groups in total. The zero-order valence-corrected chi connectivity index (χ0v) is 11.8. The van der Waals surface area contributed by atoms with Gasteiger partial charge in [-0.05, 0) is 25.7 Å². The van der Waals surface area contributed by atoms with Crippen LogP contribution in [0, 0.1) is 12.8 Å². The highest BCUT2D eigenvalue weighted by atomic mass is 16.5. The number of carbonyl (C=O) groups is 1. The van der Waals surface area contributed by atoms with Gasteiger partial charge >= 0.3 is 0 Å². The zero-order chi connectivity index (χ0) is 13.9. The molecule has 2 aliphatic rings. The Morgan fingerprint density at radius 3 is 3.05 bits per heavy atom. The Balaban J connectivity index is 1.47. The molecule has 0 aromatic carbocycles. The molecule has 2 fully saturated rings. The van der Waals surface area contributed by atoms with Crippen molar-refractivity contribution in [2.75, 3.05) is 31.6 Å². The van der Waals surface area contributed by atoms with Crippen LogP contribution in [0.5, 0.6) is 0 Å². The fraction of sp³-hybridized carbons (Fsp3) is 0.714. The first kappa shape index (κ1) is 13.6. The summed E-state index contributed by atoms with van der Waals surface area (Å²) in [4.78, 5) is 14.1. The van der Waals surface area contributed by atoms with Gasteiger partial charge in [0.25, 0.3) is 0 Å². The Hall–Kier alpha value is -1.40. The first-order valence-electron chi connectivity index (χ1n) is 7.28. The number of aromatic nitrogens is 1. The smallest absolute Gasteiger partial charge is 0.240 e. The van der Waals surface area contributed by atoms with Crippen molar-refractivity contribution in [3.63, 3.8) is 0 Å². The van der Waals surface area contributed by atoms with E-state index in [1.165, 1.54) is 19.3 Å². The van der Waals surface area contributed by atoms with E-state index in [1.54, 1.807) is 6.07 Å². The van der Waals surface area contributed by atoms with E-state index in [4.69, 9.17) is 9.26 Å². The number of nitrogens with zero attached hydrogens (tertiary/aromatic N) is 2. The van der Waals surface area contributed by atoms with E-state index in [0.717, 1.165) is 25.4 Å². The average Bonchev–Trinajstić information content (AvgIpc) is 2.72. The molecule has 0 bridgehead atoms. The molecule has 6 heteroatoms. The largest absolute Gasteiger partial charge is 0.375 e. The minimum Gasteiger partial charge on any atom is -0.375 e. The number of rotatable bonds is 4. The van der Waals surface area contributed by atoms with Crippen LogP contribution in [0.25, 0.3) is 0 Å². The molecular weight excluding hydrogens is 258 g/mol. The SMILES string of the molecule is Cc1cc(NC(=O)CN2CCO[C@H](C3CCC3)C2)on1. The molecule has 110 valence electrons. The summed E-state index contributed by atoms with van der Waals surface area (Å²) in [6.07, 6.45) is 4.15. The van der Waals surface area contributed by atoms with E-state index in [1.807, 2.05) is 6.92 Å². The lowest BCUT2D eigenvalue weighted by atomic mass is 9.80. The van der Waals surface area contributed by atoms with Crippen molar-refractivity contribution in [2.24, 2.45) is 5.92 Å². The van der Waals surface area contributed by atoms with Gasteiger partial charge < -0.3 is 9.26 Å². The lowest BCUT2D eigenvalue weighted by molar-refractivity contribution is -0.121. The van der Waals surface area contributed by atoms with Crippen LogP contribution in [-0.2, 0) is 9.53 Å². The number of nitrogens with one attached hydrogen (secondary N) is 1. The third-order valence-electron chi connectivity index (χ3n) is 4.11. The molecule has 1 aliphatic heterocycles. The minimum atomic E-state index is -0.0598. The van der Waals surface area contributed by atoms with Crippen LogP contribution in [0.4, 0.5) is 5.88 Å². The second-order valence-corrected chi connectivity index (χ2v) is 5.72. The summed E-state index contributed by atoms with van der Waals surface area (Å²) in [6.45, 7) is 4.59. The van der Waals surface area contributed by atoms with Gasteiger partial charge in [-0.15, -0.1) is 0 Å². The highest BCUT2D eigenvalue weighted by Gasteiger charge is 2.32. The third kappa shape index (κ3) is 3.19. The highest BCUT2D eigenvalue weighted by molar-refractivity contribution is 5.90. The number of morpholine rings is 1. The van der Waals surface area contributed by atoms with Crippen LogP contribution in [0.3, 0.4) is 0 Å². The zero-order valence-electron chi connectivity index (χ0n) is 11.8. The monoisotopic (exact) mass is 279 g/mol.